The number of hydrogen-bond donors (Lipinski definition) is 2. The monoisotopic (exact) mass is 490 g/mol. The van der Waals surface area contributed by atoms with Crippen molar-refractivity contribution in [2.45, 2.75) is 32.9 Å². The topological polar surface area (TPSA) is 85.8 Å². The van der Waals surface area contributed by atoms with Gasteiger partial charge >= 0.3 is 5.97 Å². The van der Waals surface area contributed by atoms with E-state index < -0.39 is 17.7 Å². The quantitative estimate of drug-likeness (QED) is 0.490. The van der Waals surface area contributed by atoms with Crippen LogP contribution in [-0.2, 0) is 13.1 Å². The predicted octanol–water partition coefficient (Wildman–Crippen LogP) is 4.29. The fourth-order valence-corrected chi connectivity index (χ4v) is 4.47. The number of hydrogen-bond acceptors (Lipinski definition) is 5. The fraction of sp³-hybridized carbons (Fsp3) is 0.321. The number of amides is 1. The van der Waals surface area contributed by atoms with Crippen LogP contribution in [-0.4, -0.2) is 53.0 Å². The van der Waals surface area contributed by atoms with Gasteiger partial charge in [-0.1, -0.05) is 50.2 Å². The molecule has 1 aliphatic heterocycles. The summed E-state index contributed by atoms with van der Waals surface area (Å²) >= 11 is 0. The first-order valence-corrected chi connectivity index (χ1v) is 12.1. The lowest BCUT2D eigenvalue weighted by atomic mass is 9.98. The van der Waals surface area contributed by atoms with Gasteiger partial charge in [-0.25, -0.2) is 14.2 Å². The summed E-state index contributed by atoms with van der Waals surface area (Å²) in [6.07, 6.45) is 1.70. The number of nitrogens with one attached hydrogen (secondary N) is 1. The van der Waals surface area contributed by atoms with Crippen LogP contribution in [0.15, 0.2) is 60.8 Å². The highest BCUT2D eigenvalue weighted by Gasteiger charge is 2.25. The van der Waals surface area contributed by atoms with Crippen LogP contribution in [0.5, 0.6) is 0 Å². The van der Waals surface area contributed by atoms with E-state index in [9.17, 15) is 19.1 Å². The molecule has 7 nitrogen and oxygen atoms in total. The van der Waals surface area contributed by atoms with Crippen molar-refractivity contribution < 1.29 is 19.1 Å². The average molecular weight is 491 g/mol. The summed E-state index contributed by atoms with van der Waals surface area (Å²) in [6.45, 7) is 8.09. The lowest BCUT2D eigenvalue weighted by Crippen LogP contribution is -2.46. The van der Waals surface area contributed by atoms with Crippen molar-refractivity contribution in [3.05, 3.63) is 94.4 Å². The molecule has 0 unspecified atom stereocenters. The van der Waals surface area contributed by atoms with Crippen molar-refractivity contribution in [2.24, 2.45) is 0 Å². The van der Waals surface area contributed by atoms with E-state index in [1.807, 2.05) is 38.1 Å². The van der Waals surface area contributed by atoms with Gasteiger partial charge in [-0.3, -0.25) is 9.69 Å². The molecule has 1 aliphatic rings. The molecule has 188 valence electrons. The average Bonchev–Trinajstić information content (AvgIpc) is 2.88. The molecule has 1 fully saturated rings. The number of carboxylic acid groups (broad SMARTS) is 1. The Morgan fingerprint density at radius 1 is 1.00 bits per heavy atom. The first-order valence-electron chi connectivity index (χ1n) is 12.1. The van der Waals surface area contributed by atoms with E-state index in [-0.39, 0.29) is 11.5 Å². The summed E-state index contributed by atoms with van der Waals surface area (Å²) in [5.74, 6) is -1.25. The van der Waals surface area contributed by atoms with Gasteiger partial charge in [0.1, 0.15) is 17.2 Å². The summed E-state index contributed by atoms with van der Waals surface area (Å²) in [5, 5.41) is 12.6. The van der Waals surface area contributed by atoms with Crippen LogP contribution < -0.4 is 10.2 Å². The number of piperazine rings is 1. The Hall–Kier alpha value is -3.78. The van der Waals surface area contributed by atoms with Crippen molar-refractivity contribution in [1.29, 1.82) is 0 Å². The minimum Gasteiger partial charge on any atom is -0.478 e. The maximum absolute atomic E-state index is 13.8. The van der Waals surface area contributed by atoms with Crippen LogP contribution in [0.2, 0.25) is 0 Å². The van der Waals surface area contributed by atoms with Gasteiger partial charge in [-0.15, -0.1) is 0 Å². The fourth-order valence-electron chi connectivity index (χ4n) is 4.47. The predicted molar refractivity (Wildman–Crippen MR) is 137 cm³/mol. The van der Waals surface area contributed by atoms with Gasteiger partial charge in [-0.05, 0) is 40.8 Å². The minimum absolute atomic E-state index is 0.0369. The van der Waals surface area contributed by atoms with E-state index in [0.717, 1.165) is 36.3 Å². The zero-order chi connectivity index (χ0) is 25.7. The van der Waals surface area contributed by atoms with Gasteiger partial charge in [0, 0.05) is 45.5 Å². The molecule has 1 amide bonds. The van der Waals surface area contributed by atoms with Crippen molar-refractivity contribution in [2.75, 3.05) is 31.1 Å². The molecule has 0 atom stereocenters. The first kappa shape index (κ1) is 25.3. The van der Waals surface area contributed by atoms with Gasteiger partial charge in [0.2, 0.25) is 0 Å². The Kier molecular flexibility index (Phi) is 7.95. The van der Waals surface area contributed by atoms with E-state index >= 15 is 0 Å². The third-order valence-corrected chi connectivity index (χ3v) is 6.47. The number of rotatable bonds is 8. The number of anilines is 1. The molecule has 3 aromatic rings. The van der Waals surface area contributed by atoms with E-state index in [4.69, 9.17) is 0 Å². The van der Waals surface area contributed by atoms with Crippen molar-refractivity contribution >= 4 is 17.7 Å². The first-order chi connectivity index (χ1) is 17.3. The molecule has 1 saturated heterocycles. The molecule has 0 radical (unpaired) electrons. The second kappa shape index (κ2) is 11.3. The number of aromatic carboxylic acids is 1. The van der Waals surface area contributed by atoms with Crippen molar-refractivity contribution in [1.82, 2.24) is 15.2 Å². The normalized spacial score (nSPS) is 14.2. The van der Waals surface area contributed by atoms with Crippen LogP contribution in [0.1, 0.15) is 57.2 Å². The summed E-state index contributed by atoms with van der Waals surface area (Å²) < 4.78 is 13.8. The molecule has 2 heterocycles. The van der Waals surface area contributed by atoms with Gasteiger partial charge in [0.25, 0.3) is 5.91 Å². The summed E-state index contributed by atoms with van der Waals surface area (Å²) in [6, 6.07) is 15.7. The van der Waals surface area contributed by atoms with Gasteiger partial charge in [-0.2, -0.15) is 0 Å². The van der Waals surface area contributed by atoms with Gasteiger partial charge < -0.3 is 15.3 Å². The smallest absolute Gasteiger partial charge is 0.339 e. The molecule has 8 heteroatoms. The molecule has 0 spiro atoms. The SMILES string of the molecule is CC(C)c1ccnc(N2CCN(Cc3ccc(CNC(=O)c4ccccc4F)cc3)CC2)c1C(=O)O. The number of aromatic nitrogens is 1. The van der Waals surface area contributed by atoms with Crippen LogP contribution in [0.4, 0.5) is 10.2 Å². The molecule has 2 aromatic carbocycles. The summed E-state index contributed by atoms with van der Waals surface area (Å²) in [7, 11) is 0. The highest BCUT2D eigenvalue weighted by atomic mass is 19.1. The van der Waals surface area contributed by atoms with E-state index in [2.05, 4.69) is 20.1 Å². The molecule has 4 rings (SSSR count). The van der Waals surface area contributed by atoms with Crippen molar-refractivity contribution in [3.63, 3.8) is 0 Å². The third kappa shape index (κ3) is 5.88. The number of carbonyl (C=O) groups excluding carboxylic acids is 1. The van der Waals surface area contributed by atoms with Crippen molar-refractivity contribution in [3.8, 4) is 0 Å². The van der Waals surface area contributed by atoms with E-state index in [0.29, 0.717) is 31.0 Å². The van der Waals surface area contributed by atoms with Crippen LogP contribution in [0.3, 0.4) is 0 Å². The Bertz CT molecular complexity index is 1220. The van der Waals surface area contributed by atoms with Crippen LogP contribution in [0, 0.1) is 5.82 Å². The molecule has 2 N–H and O–H groups in total. The Balaban J connectivity index is 1.31. The highest BCUT2D eigenvalue weighted by Crippen LogP contribution is 2.28. The molecule has 1 aromatic heterocycles. The lowest BCUT2D eigenvalue weighted by molar-refractivity contribution is 0.0695. The van der Waals surface area contributed by atoms with Gasteiger partial charge in [0.05, 0.1) is 5.56 Å². The maximum atomic E-state index is 13.8. The number of carboxylic acids is 1. The maximum Gasteiger partial charge on any atom is 0.339 e. The van der Waals surface area contributed by atoms with Gasteiger partial charge in [0.15, 0.2) is 0 Å². The molecule has 36 heavy (non-hydrogen) atoms. The second-order valence-electron chi connectivity index (χ2n) is 9.30. The standard InChI is InChI=1S/C28H31FN4O3/c1-19(2)22-11-12-30-26(25(22)28(35)36)33-15-13-32(14-16-33)18-21-9-7-20(8-10-21)17-31-27(34)23-5-3-4-6-24(23)29/h3-12,19H,13-18H2,1-2H3,(H,31,34)(H,35,36). The van der Waals surface area contributed by atoms with Crippen LogP contribution >= 0.6 is 0 Å². The lowest BCUT2D eigenvalue weighted by Gasteiger charge is -2.36. The highest BCUT2D eigenvalue weighted by molar-refractivity contribution is 5.95. The Morgan fingerprint density at radius 3 is 2.31 bits per heavy atom. The Labute approximate surface area is 210 Å². The Morgan fingerprint density at radius 2 is 1.67 bits per heavy atom. The third-order valence-electron chi connectivity index (χ3n) is 6.47. The molecular formula is C28H31FN4O3. The molecule has 0 saturated carbocycles. The zero-order valence-electron chi connectivity index (χ0n) is 20.6. The molecular weight excluding hydrogens is 459 g/mol. The van der Waals surface area contributed by atoms with Crippen LogP contribution in [0.25, 0.3) is 0 Å². The molecule has 0 bridgehead atoms. The van der Waals surface area contributed by atoms with E-state index in [1.54, 1.807) is 24.4 Å². The number of carbonyl (C=O) groups is 2. The number of nitrogens with zero attached hydrogens (tertiary/aromatic N) is 3. The summed E-state index contributed by atoms with van der Waals surface area (Å²) in [5.41, 5.74) is 3.23. The number of benzene rings is 2. The number of halogens is 1. The summed E-state index contributed by atoms with van der Waals surface area (Å²) in [4.78, 5) is 33.0. The second-order valence-corrected chi connectivity index (χ2v) is 9.30. The molecule has 0 aliphatic carbocycles. The minimum atomic E-state index is -0.936. The number of pyridine rings is 1. The zero-order valence-corrected chi connectivity index (χ0v) is 20.6. The van der Waals surface area contributed by atoms with E-state index in [1.165, 1.54) is 12.1 Å². The largest absolute Gasteiger partial charge is 0.478 e.